The lowest BCUT2D eigenvalue weighted by atomic mass is 10.1. The van der Waals surface area contributed by atoms with Gasteiger partial charge in [0.2, 0.25) is 0 Å². The Kier molecular flexibility index (Phi) is 3.52. The van der Waals surface area contributed by atoms with Crippen molar-refractivity contribution in [2.45, 2.75) is 32.2 Å². The summed E-state index contributed by atoms with van der Waals surface area (Å²) in [5, 5.41) is 14.2. The van der Waals surface area contributed by atoms with Crippen LogP contribution in [-0.4, -0.2) is 11.0 Å². The summed E-state index contributed by atoms with van der Waals surface area (Å²) >= 11 is 5.86. The largest absolute Gasteiger partial charge is 0.382 e. The van der Waals surface area contributed by atoms with E-state index >= 15 is 0 Å². The maximum absolute atomic E-state index is 10.6. The molecule has 0 spiro atoms. The second kappa shape index (κ2) is 4.92. The fraction of sp³-hybridized carbons (Fsp3) is 0.500. The van der Waals surface area contributed by atoms with Gasteiger partial charge in [-0.1, -0.05) is 18.5 Å². The van der Waals surface area contributed by atoms with Crippen molar-refractivity contribution in [1.29, 1.82) is 0 Å². The lowest BCUT2D eigenvalue weighted by Gasteiger charge is -2.17. The number of nitro benzene ring substituents is 1. The number of nitro groups is 1. The van der Waals surface area contributed by atoms with Gasteiger partial charge in [-0.2, -0.15) is 0 Å². The summed E-state index contributed by atoms with van der Waals surface area (Å²) in [6.45, 7) is 2.14. The van der Waals surface area contributed by atoms with Gasteiger partial charge >= 0.3 is 0 Å². The lowest BCUT2D eigenvalue weighted by molar-refractivity contribution is -0.384. The highest BCUT2D eigenvalue weighted by atomic mass is 35.5. The molecule has 1 unspecified atom stereocenters. The van der Waals surface area contributed by atoms with Crippen LogP contribution in [0, 0.1) is 16.0 Å². The van der Waals surface area contributed by atoms with Gasteiger partial charge in [0.15, 0.2) is 0 Å². The zero-order valence-electron chi connectivity index (χ0n) is 9.65. The van der Waals surface area contributed by atoms with Crippen molar-refractivity contribution in [2.75, 3.05) is 5.32 Å². The van der Waals surface area contributed by atoms with E-state index in [0.717, 1.165) is 18.0 Å². The van der Waals surface area contributed by atoms with E-state index in [-0.39, 0.29) is 10.7 Å². The van der Waals surface area contributed by atoms with Crippen LogP contribution in [0.15, 0.2) is 18.2 Å². The van der Waals surface area contributed by atoms with E-state index < -0.39 is 4.92 Å². The molecule has 5 heteroatoms. The molecule has 1 N–H and O–H groups in total. The lowest BCUT2D eigenvalue weighted by Crippen LogP contribution is -2.20. The Morgan fingerprint density at radius 1 is 1.59 bits per heavy atom. The molecule has 92 valence electrons. The number of hydrogen-bond donors (Lipinski definition) is 1. The summed E-state index contributed by atoms with van der Waals surface area (Å²) in [6.07, 6.45) is 3.59. The minimum absolute atomic E-state index is 0.0447. The predicted molar refractivity (Wildman–Crippen MR) is 68.5 cm³/mol. The van der Waals surface area contributed by atoms with Crippen LogP contribution in [0.1, 0.15) is 26.2 Å². The van der Waals surface area contributed by atoms with Gasteiger partial charge in [0.1, 0.15) is 5.02 Å². The Hall–Kier alpha value is -1.29. The molecule has 0 aliphatic heterocycles. The number of halogens is 1. The fourth-order valence-electron chi connectivity index (χ4n) is 2.01. The zero-order valence-corrected chi connectivity index (χ0v) is 10.4. The van der Waals surface area contributed by atoms with E-state index in [9.17, 15) is 10.1 Å². The van der Waals surface area contributed by atoms with Crippen LogP contribution < -0.4 is 5.32 Å². The van der Waals surface area contributed by atoms with Crippen molar-refractivity contribution in [2.24, 2.45) is 5.92 Å². The van der Waals surface area contributed by atoms with Gasteiger partial charge in [-0.25, -0.2) is 0 Å². The third-order valence-electron chi connectivity index (χ3n) is 3.13. The predicted octanol–water partition coefficient (Wildman–Crippen LogP) is 3.85. The topological polar surface area (TPSA) is 55.2 Å². The van der Waals surface area contributed by atoms with Crippen molar-refractivity contribution < 1.29 is 4.92 Å². The van der Waals surface area contributed by atoms with E-state index in [1.807, 2.05) is 0 Å². The van der Waals surface area contributed by atoms with E-state index in [1.54, 1.807) is 12.1 Å². The Labute approximate surface area is 105 Å². The van der Waals surface area contributed by atoms with E-state index in [0.29, 0.717) is 6.04 Å². The maximum Gasteiger partial charge on any atom is 0.288 e. The molecule has 1 saturated carbocycles. The van der Waals surface area contributed by atoms with Crippen LogP contribution in [0.4, 0.5) is 11.4 Å². The van der Waals surface area contributed by atoms with Gasteiger partial charge in [-0.15, -0.1) is 0 Å². The Bertz CT molecular complexity index is 433. The van der Waals surface area contributed by atoms with Crippen LogP contribution in [0.5, 0.6) is 0 Å². The minimum atomic E-state index is -0.468. The summed E-state index contributed by atoms with van der Waals surface area (Å²) < 4.78 is 0. The first-order chi connectivity index (χ1) is 8.11. The summed E-state index contributed by atoms with van der Waals surface area (Å²) in [5.74, 6) is 0.744. The molecule has 1 aromatic rings. The second-order valence-corrected chi connectivity index (χ2v) is 4.83. The summed E-state index contributed by atoms with van der Waals surface area (Å²) in [7, 11) is 0. The molecule has 1 atom stereocenters. The van der Waals surface area contributed by atoms with E-state index in [2.05, 4.69) is 12.2 Å². The maximum atomic E-state index is 10.6. The molecule has 1 aromatic carbocycles. The van der Waals surface area contributed by atoms with Crippen LogP contribution in [0.2, 0.25) is 5.02 Å². The van der Waals surface area contributed by atoms with E-state index in [1.165, 1.54) is 18.9 Å². The average Bonchev–Trinajstić information content (AvgIpc) is 3.09. The van der Waals surface area contributed by atoms with Gasteiger partial charge in [0.25, 0.3) is 5.69 Å². The van der Waals surface area contributed by atoms with Gasteiger partial charge in [0.05, 0.1) is 4.92 Å². The van der Waals surface area contributed by atoms with Crippen molar-refractivity contribution in [3.05, 3.63) is 33.3 Å². The molecule has 4 nitrogen and oxygen atoms in total. The van der Waals surface area contributed by atoms with Gasteiger partial charge < -0.3 is 5.32 Å². The Morgan fingerprint density at radius 3 is 2.76 bits per heavy atom. The normalized spacial score (nSPS) is 16.6. The molecule has 0 radical (unpaired) electrons. The monoisotopic (exact) mass is 254 g/mol. The highest BCUT2D eigenvalue weighted by Gasteiger charge is 2.29. The third-order valence-corrected chi connectivity index (χ3v) is 3.43. The quantitative estimate of drug-likeness (QED) is 0.641. The van der Waals surface area contributed by atoms with Gasteiger partial charge in [-0.05, 0) is 37.3 Å². The standard InChI is InChI=1S/C12H15ClN2O2/c1-2-11(8-3-4-8)14-9-5-6-12(15(16)17)10(13)7-9/h5-8,11,14H,2-4H2,1H3. The first-order valence-electron chi connectivity index (χ1n) is 5.82. The number of rotatable bonds is 5. The second-order valence-electron chi connectivity index (χ2n) is 4.42. The molecule has 1 aliphatic carbocycles. The molecule has 17 heavy (non-hydrogen) atoms. The molecular weight excluding hydrogens is 240 g/mol. The number of hydrogen-bond acceptors (Lipinski definition) is 3. The SMILES string of the molecule is CCC(Nc1ccc([N+](=O)[O-])c(Cl)c1)C1CC1. The Morgan fingerprint density at radius 2 is 2.29 bits per heavy atom. The molecule has 0 amide bonds. The zero-order chi connectivity index (χ0) is 12.4. The summed E-state index contributed by atoms with van der Waals surface area (Å²) in [5.41, 5.74) is 0.816. The molecule has 0 aromatic heterocycles. The van der Waals surface area contributed by atoms with Crippen LogP contribution in [-0.2, 0) is 0 Å². The molecule has 2 rings (SSSR count). The molecule has 1 fully saturated rings. The van der Waals surface area contributed by atoms with Crippen molar-refractivity contribution in [3.8, 4) is 0 Å². The third kappa shape index (κ3) is 2.88. The summed E-state index contributed by atoms with van der Waals surface area (Å²) in [4.78, 5) is 10.2. The number of nitrogens with zero attached hydrogens (tertiary/aromatic N) is 1. The first kappa shape index (κ1) is 12.2. The number of anilines is 1. The molecule has 0 heterocycles. The summed E-state index contributed by atoms with van der Waals surface area (Å²) in [6, 6.07) is 5.25. The van der Waals surface area contributed by atoms with Crippen LogP contribution in [0.3, 0.4) is 0 Å². The van der Waals surface area contributed by atoms with Crippen LogP contribution in [0.25, 0.3) is 0 Å². The minimum Gasteiger partial charge on any atom is -0.382 e. The highest BCUT2D eigenvalue weighted by Crippen LogP contribution is 2.36. The van der Waals surface area contributed by atoms with Crippen molar-refractivity contribution in [3.63, 3.8) is 0 Å². The van der Waals surface area contributed by atoms with E-state index in [4.69, 9.17) is 11.6 Å². The fourth-order valence-corrected chi connectivity index (χ4v) is 2.26. The first-order valence-corrected chi connectivity index (χ1v) is 6.20. The van der Waals surface area contributed by atoms with Crippen molar-refractivity contribution >= 4 is 23.0 Å². The van der Waals surface area contributed by atoms with Gasteiger partial charge in [0, 0.05) is 17.8 Å². The smallest absolute Gasteiger partial charge is 0.288 e. The van der Waals surface area contributed by atoms with Gasteiger partial charge in [-0.3, -0.25) is 10.1 Å². The van der Waals surface area contributed by atoms with Crippen molar-refractivity contribution in [1.82, 2.24) is 0 Å². The molecular formula is C12H15ClN2O2. The average molecular weight is 255 g/mol. The highest BCUT2D eigenvalue weighted by molar-refractivity contribution is 6.32. The molecule has 1 aliphatic rings. The Balaban J connectivity index is 2.11. The molecule has 0 bridgehead atoms. The molecule has 0 saturated heterocycles. The number of nitrogens with one attached hydrogen (secondary N) is 1. The van der Waals surface area contributed by atoms with Crippen LogP contribution >= 0.6 is 11.6 Å². The number of benzene rings is 1.